The van der Waals surface area contributed by atoms with Gasteiger partial charge in [-0.1, -0.05) is 20.8 Å². The maximum absolute atomic E-state index is 13.1. The Bertz CT molecular complexity index is 903. The van der Waals surface area contributed by atoms with Crippen molar-refractivity contribution in [3.63, 3.8) is 0 Å². The molecule has 3 aliphatic rings. The average molecular weight is 469 g/mol. The topological polar surface area (TPSA) is 66.5 Å². The molecule has 1 heterocycles. The number of nitrogens with zero attached hydrogens (tertiary/aromatic N) is 1. The Morgan fingerprint density at radius 1 is 1.21 bits per heavy atom. The molecule has 154 valence electrons. The van der Waals surface area contributed by atoms with Crippen molar-refractivity contribution in [1.82, 2.24) is 9.62 Å². The number of amides is 1. The van der Waals surface area contributed by atoms with Crippen molar-refractivity contribution in [3.05, 3.63) is 28.2 Å². The van der Waals surface area contributed by atoms with Crippen molar-refractivity contribution in [1.29, 1.82) is 0 Å². The van der Waals surface area contributed by atoms with E-state index in [1.165, 1.54) is 16.8 Å². The monoisotopic (exact) mass is 468 g/mol. The first-order valence-electron chi connectivity index (χ1n) is 10.2. The van der Waals surface area contributed by atoms with Crippen molar-refractivity contribution in [2.24, 2.45) is 16.7 Å². The minimum absolute atomic E-state index is 0.0580. The predicted octanol–water partition coefficient (Wildman–Crippen LogP) is 4.18. The summed E-state index contributed by atoms with van der Waals surface area (Å²) in [6.45, 7) is 7.86. The third-order valence-electron chi connectivity index (χ3n) is 7.42. The standard InChI is InChI=1S/C21H29BrN2O3S/c1-20(2)15-8-9-21(3,13-15)19(20)23-18(25)14-6-7-16(22)17(12-14)28(26,27)24-10-4-5-11-24/h6-7,12,15,19H,4-5,8-11,13H2,1-3H3,(H,23,25)/t15-,19?,21-/m0/s1. The Labute approximate surface area is 176 Å². The second-order valence-electron chi connectivity index (χ2n) is 9.58. The van der Waals surface area contributed by atoms with E-state index in [4.69, 9.17) is 0 Å². The zero-order chi connectivity index (χ0) is 20.3. The lowest BCUT2D eigenvalue weighted by atomic mass is 9.68. The summed E-state index contributed by atoms with van der Waals surface area (Å²) in [6.07, 6.45) is 5.29. The maximum atomic E-state index is 13.1. The van der Waals surface area contributed by atoms with Crippen molar-refractivity contribution in [2.75, 3.05) is 13.1 Å². The van der Waals surface area contributed by atoms with Gasteiger partial charge in [-0.25, -0.2) is 8.42 Å². The first-order valence-corrected chi connectivity index (χ1v) is 12.4. The van der Waals surface area contributed by atoms with Crippen LogP contribution in [0.3, 0.4) is 0 Å². The second kappa shape index (κ2) is 6.81. The molecule has 3 atom stereocenters. The lowest BCUT2D eigenvalue weighted by molar-refractivity contribution is 0.0737. The van der Waals surface area contributed by atoms with E-state index in [0.29, 0.717) is 29.0 Å². The molecule has 7 heteroatoms. The molecule has 3 fully saturated rings. The lowest BCUT2D eigenvalue weighted by Gasteiger charge is -2.43. The van der Waals surface area contributed by atoms with E-state index < -0.39 is 10.0 Å². The number of halogens is 1. The molecule has 1 aromatic carbocycles. The van der Waals surface area contributed by atoms with Crippen LogP contribution in [-0.2, 0) is 10.0 Å². The van der Waals surface area contributed by atoms with Gasteiger partial charge in [-0.15, -0.1) is 0 Å². The summed E-state index contributed by atoms with van der Waals surface area (Å²) >= 11 is 3.37. The fraction of sp³-hybridized carbons (Fsp3) is 0.667. The van der Waals surface area contributed by atoms with Crippen LogP contribution in [0.25, 0.3) is 0 Å². The van der Waals surface area contributed by atoms with Crippen molar-refractivity contribution < 1.29 is 13.2 Å². The van der Waals surface area contributed by atoms with Gasteiger partial charge in [0.1, 0.15) is 0 Å². The van der Waals surface area contributed by atoms with Crippen LogP contribution in [0, 0.1) is 16.7 Å². The quantitative estimate of drug-likeness (QED) is 0.720. The number of fused-ring (bicyclic) bond motifs is 2. The van der Waals surface area contributed by atoms with Gasteiger partial charge in [0, 0.05) is 29.2 Å². The Morgan fingerprint density at radius 2 is 1.89 bits per heavy atom. The smallest absolute Gasteiger partial charge is 0.251 e. The zero-order valence-electron chi connectivity index (χ0n) is 16.8. The largest absolute Gasteiger partial charge is 0.348 e. The normalized spacial score (nSPS) is 32.0. The summed E-state index contributed by atoms with van der Waals surface area (Å²) in [7, 11) is -3.59. The van der Waals surface area contributed by atoms with Crippen LogP contribution in [-0.4, -0.2) is 37.8 Å². The molecule has 1 saturated heterocycles. The van der Waals surface area contributed by atoms with Crippen LogP contribution in [0.4, 0.5) is 0 Å². The molecule has 0 spiro atoms. The number of hydrogen-bond donors (Lipinski definition) is 1. The number of benzene rings is 1. The highest BCUT2D eigenvalue weighted by Gasteiger charge is 2.59. The van der Waals surface area contributed by atoms with Gasteiger partial charge in [0.05, 0.1) is 4.90 Å². The molecule has 2 saturated carbocycles. The molecule has 1 unspecified atom stereocenters. The Balaban J connectivity index is 1.61. The molecule has 0 aromatic heterocycles. The van der Waals surface area contributed by atoms with Crippen molar-refractivity contribution in [3.8, 4) is 0 Å². The van der Waals surface area contributed by atoms with E-state index in [9.17, 15) is 13.2 Å². The molecule has 28 heavy (non-hydrogen) atoms. The Morgan fingerprint density at radius 3 is 2.50 bits per heavy atom. The second-order valence-corrected chi connectivity index (χ2v) is 12.3. The van der Waals surface area contributed by atoms with Crippen LogP contribution in [0.5, 0.6) is 0 Å². The van der Waals surface area contributed by atoms with E-state index >= 15 is 0 Å². The van der Waals surface area contributed by atoms with Gasteiger partial charge in [0.2, 0.25) is 10.0 Å². The minimum Gasteiger partial charge on any atom is -0.348 e. The molecule has 1 aliphatic heterocycles. The number of sulfonamides is 1. The number of nitrogens with one attached hydrogen (secondary N) is 1. The van der Waals surface area contributed by atoms with Crippen LogP contribution < -0.4 is 5.32 Å². The summed E-state index contributed by atoms with van der Waals surface area (Å²) in [6, 6.07) is 5.00. The van der Waals surface area contributed by atoms with Crippen LogP contribution in [0.15, 0.2) is 27.6 Å². The van der Waals surface area contributed by atoms with Gasteiger partial charge in [0.25, 0.3) is 5.91 Å². The third-order valence-corrected chi connectivity index (χ3v) is 10.3. The molecule has 1 N–H and O–H groups in total. The first kappa shape index (κ1) is 20.4. The maximum Gasteiger partial charge on any atom is 0.251 e. The minimum atomic E-state index is -3.59. The number of carbonyl (C=O) groups excluding carboxylic acids is 1. The molecule has 2 aliphatic carbocycles. The summed E-state index contributed by atoms with van der Waals surface area (Å²) in [5.41, 5.74) is 0.592. The Kier molecular flexibility index (Phi) is 4.95. The van der Waals surface area contributed by atoms with Gasteiger partial charge in [-0.05, 0) is 83.0 Å². The van der Waals surface area contributed by atoms with Gasteiger partial charge >= 0.3 is 0 Å². The van der Waals surface area contributed by atoms with Gasteiger partial charge in [-0.2, -0.15) is 4.31 Å². The summed E-state index contributed by atoms with van der Waals surface area (Å²) in [5, 5.41) is 3.26. The predicted molar refractivity (Wildman–Crippen MR) is 113 cm³/mol. The molecule has 2 bridgehead atoms. The van der Waals surface area contributed by atoms with E-state index in [1.54, 1.807) is 12.1 Å². The highest BCUT2D eigenvalue weighted by molar-refractivity contribution is 9.10. The SMILES string of the molecule is CC1(C)C(NC(=O)c2ccc(Br)c(S(=O)(=O)N3CCCC3)c2)[C@@]2(C)CC[C@H]1C2. The van der Waals surface area contributed by atoms with Crippen LogP contribution in [0.2, 0.25) is 0 Å². The van der Waals surface area contributed by atoms with Crippen LogP contribution in [0.1, 0.15) is 63.2 Å². The summed E-state index contributed by atoms with van der Waals surface area (Å²) in [4.78, 5) is 13.3. The number of rotatable bonds is 4. The van der Waals surface area contributed by atoms with Crippen molar-refractivity contribution in [2.45, 2.75) is 63.8 Å². The fourth-order valence-corrected chi connectivity index (χ4v) is 8.25. The number of carbonyl (C=O) groups is 1. The molecule has 1 amide bonds. The van der Waals surface area contributed by atoms with Crippen LogP contribution >= 0.6 is 15.9 Å². The van der Waals surface area contributed by atoms with E-state index in [0.717, 1.165) is 25.7 Å². The van der Waals surface area contributed by atoms with Crippen molar-refractivity contribution >= 4 is 31.9 Å². The number of hydrogen-bond acceptors (Lipinski definition) is 3. The molecule has 4 rings (SSSR count). The van der Waals surface area contributed by atoms with E-state index in [2.05, 4.69) is 42.0 Å². The molecule has 1 aromatic rings. The fourth-order valence-electron chi connectivity index (χ4n) is 5.79. The van der Waals surface area contributed by atoms with E-state index in [-0.39, 0.29) is 27.7 Å². The third kappa shape index (κ3) is 3.14. The highest BCUT2D eigenvalue weighted by Crippen LogP contribution is 2.62. The van der Waals surface area contributed by atoms with Gasteiger partial charge in [0.15, 0.2) is 0 Å². The molecule has 0 radical (unpaired) electrons. The summed E-state index contributed by atoms with van der Waals surface area (Å²) in [5.74, 6) is 0.455. The highest BCUT2D eigenvalue weighted by atomic mass is 79.9. The zero-order valence-corrected chi connectivity index (χ0v) is 19.2. The molecular formula is C21H29BrN2O3S. The Hall–Kier alpha value is -0.920. The molecular weight excluding hydrogens is 440 g/mol. The average Bonchev–Trinajstić information content (AvgIpc) is 3.33. The van der Waals surface area contributed by atoms with Gasteiger partial charge in [-0.3, -0.25) is 4.79 Å². The first-order chi connectivity index (χ1) is 13.1. The summed E-state index contributed by atoms with van der Waals surface area (Å²) < 4.78 is 28.0. The molecule has 5 nitrogen and oxygen atoms in total. The lowest BCUT2D eigenvalue weighted by Crippen LogP contribution is -2.52. The van der Waals surface area contributed by atoms with Gasteiger partial charge < -0.3 is 5.32 Å². The van der Waals surface area contributed by atoms with E-state index in [1.807, 2.05) is 0 Å².